The van der Waals surface area contributed by atoms with E-state index in [2.05, 4.69) is 47.0 Å². The van der Waals surface area contributed by atoms with Crippen LogP contribution in [0.5, 0.6) is 0 Å². The van der Waals surface area contributed by atoms with Gasteiger partial charge in [0.25, 0.3) is 0 Å². The van der Waals surface area contributed by atoms with E-state index >= 15 is 0 Å². The zero-order valence-corrected chi connectivity index (χ0v) is 14.2. The quantitative estimate of drug-likeness (QED) is 0.555. The number of aromatic nitrogens is 2. The standard InChI is InChI=1S/C16H16Cl2N2S/c1-10(2)16(13-7-4-8-21-13)20-12-6-3-5-11(18)15(12)19-14(20)9-17/h3-8,10,16H,9H2,1-2H3. The van der Waals surface area contributed by atoms with Gasteiger partial charge in [0, 0.05) is 4.88 Å². The predicted molar refractivity (Wildman–Crippen MR) is 91.6 cm³/mol. The van der Waals surface area contributed by atoms with Gasteiger partial charge in [-0.05, 0) is 29.5 Å². The minimum absolute atomic E-state index is 0.224. The Morgan fingerprint density at radius 3 is 2.67 bits per heavy atom. The Morgan fingerprint density at radius 1 is 1.24 bits per heavy atom. The van der Waals surface area contributed by atoms with Crippen LogP contribution in [0, 0.1) is 5.92 Å². The van der Waals surface area contributed by atoms with Gasteiger partial charge < -0.3 is 4.57 Å². The van der Waals surface area contributed by atoms with E-state index in [0.717, 1.165) is 16.9 Å². The molecule has 0 bridgehead atoms. The fourth-order valence-electron chi connectivity index (χ4n) is 2.75. The number of halogens is 2. The molecule has 0 N–H and O–H groups in total. The summed E-state index contributed by atoms with van der Waals surface area (Å²) in [6.45, 7) is 4.44. The van der Waals surface area contributed by atoms with Gasteiger partial charge in [0.2, 0.25) is 0 Å². The Kier molecular flexibility index (Phi) is 4.25. The normalized spacial score (nSPS) is 13.2. The highest BCUT2D eigenvalue weighted by molar-refractivity contribution is 7.10. The maximum Gasteiger partial charge on any atom is 0.125 e. The summed E-state index contributed by atoms with van der Waals surface area (Å²) in [5, 5.41) is 2.78. The van der Waals surface area contributed by atoms with Crippen LogP contribution in [-0.4, -0.2) is 9.55 Å². The molecule has 3 aromatic rings. The fourth-order valence-corrected chi connectivity index (χ4v) is 4.14. The van der Waals surface area contributed by atoms with Crippen molar-refractivity contribution in [2.24, 2.45) is 5.92 Å². The summed E-state index contributed by atoms with van der Waals surface area (Å²) in [5.41, 5.74) is 1.88. The molecule has 0 saturated carbocycles. The lowest BCUT2D eigenvalue weighted by molar-refractivity contribution is 0.444. The topological polar surface area (TPSA) is 17.8 Å². The summed E-state index contributed by atoms with van der Waals surface area (Å²) in [6, 6.07) is 10.4. The lowest BCUT2D eigenvalue weighted by atomic mass is 10.0. The number of thiophene rings is 1. The molecule has 0 radical (unpaired) electrons. The van der Waals surface area contributed by atoms with E-state index in [0.29, 0.717) is 16.8 Å². The molecule has 0 saturated heterocycles. The molecule has 0 aliphatic carbocycles. The SMILES string of the molecule is CC(C)C(c1cccs1)n1c(CCl)nc2c(Cl)cccc21. The van der Waals surface area contributed by atoms with E-state index < -0.39 is 0 Å². The van der Waals surface area contributed by atoms with Crippen LogP contribution in [0.2, 0.25) is 5.02 Å². The molecule has 1 unspecified atom stereocenters. The zero-order chi connectivity index (χ0) is 15.0. The van der Waals surface area contributed by atoms with Crippen molar-refractivity contribution in [3.8, 4) is 0 Å². The highest BCUT2D eigenvalue weighted by Gasteiger charge is 2.24. The maximum absolute atomic E-state index is 6.29. The van der Waals surface area contributed by atoms with Crippen molar-refractivity contribution >= 4 is 45.6 Å². The van der Waals surface area contributed by atoms with Gasteiger partial charge in [-0.1, -0.05) is 37.6 Å². The van der Waals surface area contributed by atoms with Gasteiger partial charge >= 0.3 is 0 Å². The van der Waals surface area contributed by atoms with E-state index in [1.165, 1.54) is 4.88 Å². The summed E-state index contributed by atoms with van der Waals surface area (Å²) < 4.78 is 2.24. The van der Waals surface area contributed by atoms with Crippen LogP contribution in [0.4, 0.5) is 0 Å². The molecule has 0 aliphatic heterocycles. The minimum atomic E-state index is 0.224. The average Bonchev–Trinajstić information content (AvgIpc) is 3.08. The molecule has 110 valence electrons. The maximum atomic E-state index is 6.29. The molecule has 0 fully saturated rings. The van der Waals surface area contributed by atoms with Crippen LogP contribution in [0.3, 0.4) is 0 Å². The number of nitrogens with zero attached hydrogens (tertiary/aromatic N) is 2. The second-order valence-electron chi connectivity index (χ2n) is 5.34. The smallest absolute Gasteiger partial charge is 0.125 e. The third kappa shape index (κ3) is 2.59. The van der Waals surface area contributed by atoms with E-state index in [1.807, 2.05) is 12.1 Å². The Bertz CT molecular complexity index is 747. The molecule has 5 heteroatoms. The monoisotopic (exact) mass is 338 g/mol. The number of rotatable bonds is 4. The Labute approximate surface area is 138 Å². The van der Waals surface area contributed by atoms with Gasteiger partial charge in [-0.15, -0.1) is 22.9 Å². The first-order chi connectivity index (χ1) is 10.1. The van der Waals surface area contributed by atoms with Crippen LogP contribution in [-0.2, 0) is 5.88 Å². The summed E-state index contributed by atoms with van der Waals surface area (Å²) in [7, 11) is 0. The van der Waals surface area contributed by atoms with Crippen molar-refractivity contribution in [2.45, 2.75) is 25.8 Å². The first-order valence-electron chi connectivity index (χ1n) is 6.88. The highest BCUT2D eigenvalue weighted by atomic mass is 35.5. The van der Waals surface area contributed by atoms with Gasteiger partial charge in [0.1, 0.15) is 11.3 Å². The van der Waals surface area contributed by atoms with Crippen molar-refractivity contribution in [2.75, 3.05) is 0 Å². The van der Waals surface area contributed by atoms with Gasteiger partial charge in [-0.3, -0.25) is 0 Å². The molecule has 3 rings (SSSR count). The summed E-state index contributed by atoms with van der Waals surface area (Å²) >= 11 is 14.2. The Morgan fingerprint density at radius 2 is 2.05 bits per heavy atom. The molecule has 2 aromatic heterocycles. The lowest BCUT2D eigenvalue weighted by Crippen LogP contribution is -2.17. The van der Waals surface area contributed by atoms with E-state index in [-0.39, 0.29) is 6.04 Å². The number of para-hydroxylation sites is 1. The number of hydrogen-bond acceptors (Lipinski definition) is 2. The molecule has 0 spiro atoms. The average molecular weight is 339 g/mol. The van der Waals surface area contributed by atoms with Crippen LogP contribution in [0.25, 0.3) is 11.0 Å². The molecular weight excluding hydrogens is 323 g/mol. The minimum Gasteiger partial charge on any atom is -0.318 e. The van der Waals surface area contributed by atoms with Gasteiger partial charge in [0.15, 0.2) is 0 Å². The third-order valence-electron chi connectivity index (χ3n) is 3.61. The number of imidazole rings is 1. The second kappa shape index (κ2) is 5.99. The first kappa shape index (κ1) is 14.9. The molecule has 1 aromatic carbocycles. The van der Waals surface area contributed by atoms with E-state index in [4.69, 9.17) is 23.2 Å². The molecule has 1 atom stereocenters. The van der Waals surface area contributed by atoms with Crippen molar-refractivity contribution < 1.29 is 0 Å². The predicted octanol–water partition coefficient (Wildman–Crippen LogP) is 5.74. The Balaban J connectivity index is 2.29. The lowest BCUT2D eigenvalue weighted by Gasteiger charge is -2.24. The fraction of sp³-hybridized carbons (Fsp3) is 0.312. The van der Waals surface area contributed by atoms with Crippen LogP contribution < -0.4 is 0 Å². The molecule has 0 amide bonds. The van der Waals surface area contributed by atoms with Crippen molar-refractivity contribution in [1.29, 1.82) is 0 Å². The number of benzene rings is 1. The van der Waals surface area contributed by atoms with Crippen LogP contribution in [0.1, 0.15) is 30.6 Å². The molecule has 2 heterocycles. The van der Waals surface area contributed by atoms with Crippen LogP contribution in [0.15, 0.2) is 35.7 Å². The second-order valence-corrected chi connectivity index (χ2v) is 7.00. The van der Waals surface area contributed by atoms with Gasteiger partial charge in [-0.2, -0.15) is 0 Å². The first-order valence-corrected chi connectivity index (χ1v) is 8.67. The third-order valence-corrected chi connectivity index (χ3v) is 5.09. The number of fused-ring (bicyclic) bond motifs is 1. The van der Waals surface area contributed by atoms with Crippen molar-refractivity contribution in [3.63, 3.8) is 0 Å². The van der Waals surface area contributed by atoms with Gasteiger partial charge in [-0.25, -0.2) is 4.98 Å². The van der Waals surface area contributed by atoms with Crippen molar-refractivity contribution in [1.82, 2.24) is 9.55 Å². The summed E-state index contributed by atoms with van der Waals surface area (Å²) in [6.07, 6.45) is 0. The molecule has 21 heavy (non-hydrogen) atoms. The number of alkyl halides is 1. The largest absolute Gasteiger partial charge is 0.318 e. The van der Waals surface area contributed by atoms with Crippen LogP contribution >= 0.6 is 34.5 Å². The van der Waals surface area contributed by atoms with Gasteiger partial charge in [0.05, 0.1) is 22.5 Å². The summed E-state index contributed by atoms with van der Waals surface area (Å²) in [5.74, 6) is 1.67. The highest BCUT2D eigenvalue weighted by Crippen LogP contribution is 2.36. The zero-order valence-electron chi connectivity index (χ0n) is 11.9. The molecular formula is C16H16Cl2N2S. The Hall–Kier alpha value is -1.03. The molecule has 0 aliphatic rings. The molecule has 2 nitrogen and oxygen atoms in total. The number of hydrogen-bond donors (Lipinski definition) is 0. The van der Waals surface area contributed by atoms with Crippen molar-refractivity contribution in [3.05, 3.63) is 51.4 Å². The van der Waals surface area contributed by atoms with E-state index in [1.54, 1.807) is 11.3 Å². The van der Waals surface area contributed by atoms with E-state index in [9.17, 15) is 0 Å². The summed E-state index contributed by atoms with van der Waals surface area (Å²) in [4.78, 5) is 5.96.